The first-order valence-electron chi connectivity index (χ1n) is 7.59. The van der Waals surface area contributed by atoms with E-state index in [2.05, 4.69) is 0 Å². The summed E-state index contributed by atoms with van der Waals surface area (Å²) >= 11 is 0. The third-order valence-corrected chi connectivity index (χ3v) is 3.99. The second kappa shape index (κ2) is 7.36. The molecule has 0 aliphatic heterocycles. The Morgan fingerprint density at radius 3 is 2.57 bits per heavy atom. The summed E-state index contributed by atoms with van der Waals surface area (Å²) in [5.74, 6) is 0.624. The molecule has 1 aromatic rings. The molecule has 1 amide bonds. The minimum Gasteiger partial charge on any atom is -0.300 e. The number of hydrogen-bond donors (Lipinski definition) is 0. The maximum Gasteiger partial charge on any atom is 0.237 e. The zero-order valence-electron chi connectivity index (χ0n) is 12.9. The van der Waals surface area contributed by atoms with Crippen LogP contribution in [0.15, 0.2) is 30.3 Å². The minimum absolute atomic E-state index is 0.101. The average Bonchev–Trinajstić information content (AvgIpc) is 2.45. The van der Waals surface area contributed by atoms with E-state index in [1.807, 2.05) is 49.4 Å². The van der Waals surface area contributed by atoms with Crippen LogP contribution in [0.25, 0.3) is 0 Å². The number of Topliss-reactive ketones (excluding diaryl/α,β-unsaturated/α-hetero) is 1. The van der Waals surface area contributed by atoms with Crippen LogP contribution in [0.4, 0.5) is 0 Å². The van der Waals surface area contributed by atoms with Crippen molar-refractivity contribution >= 4 is 11.7 Å². The van der Waals surface area contributed by atoms with E-state index in [-0.39, 0.29) is 11.8 Å². The Morgan fingerprint density at radius 2 is 1.95 bits per heavy atom. The molecule has 0 saturated heterocycles. The fraction of sp³-hybridized carbons (Fsp3) is 0.529. The number of rotatable bonds is 5. The molecule has 1 fully saturated rings. The Morgan fingerprint density at radius 1 is 1.24 bits per heavy atom. The molecule has 0 N–H and O–H groups in total. The molecule has 21 heavy (non-hydrogen) atoms. The van der Waals surface area contributed by atoms with E-state index >= 15 is 0 Å². The van der Waals surface area contributed by atoms with E-state index in [1.54, 1.807) is 5.01 Å². The summed E-state index contributed by atoms with van der Waals surface area (Å²) in [6.07, 6.45) is 3.64. The first-order valence-corrected chi connectivity index (χ1v) is 7.59. The molecule has 1 saturated carbocycles. The largest absolute Gasteiger partial charge is 0.300 e. The van der Waals surface area contributed by atoms with Gasteiger partial charge in [-0.05, 0) is 24.3 Å². The van der Waals surface area contributed by atoms with Gasteiger partial charge in [0.1, 0.15) is 5.78 Å². The van der Waals surface area contributed by atoms with E-state index in [1.165, 1.54) is 0 Å². The lowest BCUT2D eigenvalue weighted by molar-refractivity contribution is -0.147. The van der Waals surface area contributed by atoms with Gasteiger partial charge in [-0.3, -0.25) is 14.6 Å². The number of carbonyl (C=O) groups is 2. The lowest BCUT2D eigenvalue weighted by Gasteiger charge is -2.31. The number of amides is 1. The van der Waals surface area contributed by atoms with E-state index in [4.69, 9.17) is 0 Å². The van der Waals surface area contributed by atoms with Gasteiger partial charge in [-0.25, -0.2) is 5.01 Å². The highest BCUT2D eigenvalue weighted by molar-refractivity contribution is 5.81. The van der Waals surface area contributed by atoms with Gasteiger partial charge in [0.2, 0.25) is 5.91 Å². The number of nitrogens with zero attached hydrogens (tertiary/aromatic N) is 2. The fourth-order valence-corrected chi connectivity index (χ4v) is 2.85. The molecule has 1 aliphatic rings. The van der Waals surface area contributed by atoms with Crippen molar-refractivity contribution < 1.29 is 9.59 Å². The van der Waals surface area contributed by atoms with Crippen molar-refractivity contribution in [2.75, 3.05) is 14.1 Å². The van der Waals surface area contributed by atoms with Crippen molar-refractivity contribution in [3.63, 3.8) is 0 Å². The van der Waals surface area contributed by atoms with Crippen molar-refractivity contribution in [2.24, 2.45) is 5.92 Å². The lowest BCUT2D eigenvalue weighted by Crippen LogP contribution is -2.42. The number of hydrazine groups is 1. The number of ketones is 1. The topological polar surface area (TPSA) is 40.6 Å². The van der Waals surface area contributed by atoms with Gasteiger partial charge in [-0.1, -0.05) is 30.3 Å². The highest BCUT2D eigenvalue weighted by atomic mass is 16.2. The molecule has 1 atom stereocenters. The summed E-state index contributed by atoms with van der Waals surface area (Å²) in [7, 11) is 3.76. The molecule has 0 spiro atoms. The Kier molecular flexibility index (Phi) is 5.51. The van der Waals surface area contributed by atoms with Gasteiger partial charge < -0.3 is 0 Å². The van der Waals surface area contributed by atoms with Crippen molar-refractivity contribution in [1.29, 1.82) is 0 Å². The second-order valence-corrected chi connectivity index (χ2v) is 5.99. The molecule has 1 aromatic carbocycles. The molecule has 4 nitrogen and oxygen atoms in total. The van der Waals surface area contributed by atoms with Crippen LogP contribution < -0.4 is 0 Å². The van der Waals surface area contributed by atoms with Crippen LogP contribution in [0.5, 0.6) is 0 Å². The molecule has 2 rings (SSSR count). The average molecular weight is 288 g/mol. The van der Waals surface area contributed by atoms with Gasteiger partial charge in [0.15, 0.2) is 0 Å². The normalized spacial score (nSPS) is 18.8. The zero-order chi connectivity index (χ0) is 15.2. The van der Waals surface area contributed by atoms with Gasteiger partial charge in [0, 0.05) is 33.4 Å². The van der Waals surface area contributed by atoms with E-state index in [0.29, 0.717) is 31.6 Å². The van der Waals surface area contributed by atoms with Gasteiger partial charge in [-0.15, -0.1) is 0 Å². The SMILES string of the molecule is CN(C)N(Cc1ccccc1)C(=O)CC1CCCC(=O)C1. The van der Waals surface area contributed by atoms with Crippen molar-refractivity contribution in [1.82, 2.24) is 10.0 Å². The second-order valence-electron chi connectivity index (χ2n) is 5.99. The van der Waals surface area contributed by atoms with Crippen LogP contribution in [-0.4, -0.2) is 35.8 Å². The predicted molar refractivity (Wildman–Crippen MR) is 82.3 cm³/mol. The Bertz CT molecular complexity index is 485. The van der Waals surface area contributed by atoms with Gasteiger partial charge in [-0.2, -0.15) is 0 Å². The third kappa shape index (κ3) is 4.67. The van der Waals surface area contributed by atoms with E-state index < -0.39 is 0 Å². The minimum atomic E-state index is 0.101. The van der Waals surface area contributed by atoms with Crippen molar-refractivity contribution in [3.8, 4) is 0 Å². The molecule has 0 bridgehead atoms. The highest BCUT2D eigenvalue weighted by Crippen LogP contribution is 2.25. The summed E-state index contributed by atoms with van der Waals surface area (Å²) in [5, 5.41) is 3.59. The van der Waals surface area contributed by atoms with Gasteiger partial charge >= 0.3 is 0 Å². The zero-order valence-corrected chi connectivity index (χ0v) is 12.9. The van der Waals surface area contributed by atoms with Crippen LogP contribution in [0, 0.1) is 5.92 Å². The van der Waals surface area contributed by atoms with Gasteiger partial charge in [0.25, 0.3) is 0 Å². The molecular formula is C17H24N2O2. The molecule has 4 heteroatoms. The van der Waals surface area contributed by atoms with Gasteiger partial charge in [0.05, 0.1) is 6.54 Å². The van der Waals surface area contributed by atoms with Crippen LogP contribution in [0.3, 0.4) is 0 Å². The van der Waals surface area contributed by atoms with Crippen LogP contribution in [0.2, 0.25) is 0 Å². The first-order chi connectivity index (χ1) is 10.1. The number of carbonyl (C=O) groups excluding carboxylic acids is 2. The predicted octanol–water partition coefficient (Wildman–Crippen LogP) is 2.64. The fourth-order valence-electron chi connectivity index (χ4n) is 2.85. The number of hydrogen-bond acceptors (Lipinski definition) is 3. The molecule has 0 heterocycles. The Balaban J connectivity index is 1.97. The summed E-state index contributed by atoms with van der Waals surface area (Å²) in [4.78, 5) is 24.1. The summed E-state index contributed by atoms with van der Waals surface area (Å²) in [6, 6.07) is 9.97. The molecule has 0 radical (unpaired) electrons. The number of benzene rings is 1. The van der Waals surface area contributed by atoms with Crippen LogP contribution >= 0.6 is 0 Å². The standard InChI is InChI=1S/C17H24N2O2/c1-18(2)19(13-14-7-4-3-5-8-14)17(21)12-15-9-6-10-16(20)11-15/h3-5,7-8,15H,6,9-13H2,1-2H3. The van der Waals surface area contributed by atoms with E-state index in [9.17, 15) is 9.59 Å². The maximum atomic E-state index is 12.5. The molecular weight excluding hydrogens is 264 g/mol. The molecule has 114 valence electrons. The summed E-state index contributed by atoms with van der Waals surface area (Å²) < 4.78 is 0. The van der Waals surface area contributed by atoms with Crippen molar-refractivity contribution in [2.45, 2.75) is 38.6 Å². The quantitative estimate of drug-likeness (QED) is 0.782. The van der Waals surface area contributed by atoms with Crippen LogP contribution in [-0.2, 0) is 16.1 Å². The summed E-state index contributed by atoms with van der Waals surface area (Å²) in [5.41, 5.74) is 1.11. The lowest BCUT2D eigenvalue weighted by atomic mass is 9.86. The molecule has 0 aromatic heterocycles. The smallest absolute Gasteiger partial charge is 0.237 e. The molecule has 1 unspecified atom stereocenters. The Labute approximate surface area is 126 Å². The monoisotopic (exact) mass is 288 g/mol. The Hall–Kier alpha value is -1.68. The summed E-state index contributed by atoms with van der Waals surface area (Å²) in [6.45, 7) is 0.577. The third-order valence-electron chi connectivity index (χ3n) is 3.99. The van der Waals surface area contributed by atoms with Crippen molar-refractivity contribution in [3.05, 3.63) is 35.9 Å². The van der Waals surface area contributed by atoms with E-state index in [0.717, 1.165) is 18.4 Å². The maximum absolute atomic E-state index is 12.5. The van der Waals surface area contributed by atoms with Crippen LogP contribution in [0.1, 0.15) is 37.7 Å². The first kappa shape index (κ1) is 15.7. The highest BCUT2D eigenvalue weighted by Gasteiger charge is 2.25. The molecule has 1 aliphatic carbocycles.